The van der Waals surface area contributed by atoms with Crippen LogP contribution in [0.15, 0.2) is 12.4 Å². The first-order valence-corrected chi connectivity index (χ1v) is 7.20. The molecule has 2 N–H and O–H groups in total. The van der Waals surface area contributed by atoms with Crippen LogP contribution < -0.4 is 10.6 Å². The Balaban J connectivity index is 1.41. The summed E-state index contributed by atoms with van der Waals surface area (Å²) in [6.07, 6.45) is 9.85. The van der Waals surface area contributed by atoms with Gasteiger partial charge in [-0.2, -0.15) is 0 Å². The summed E-state index contributed by atoms with van der Waals surface area (Å²) in [5.41, 5.74) is 0. The van der Waals surface area contributed by atoms with Gasteiger partial charge in [0.05, 0.1) is 0 Å². The van der Waals surface area contributed by atoms with E-state index < -0.39 is 0 Å². The molecular formula is C14H22N4. The SMILES string of the molecule is c1nc(NCCC2CC2)cc(NCCC2CC2)n1. The summed E-state index contributed by atoms with van der Waals surface area (Å²) in [4.78, 5) is 8.50. The van der Waals surface area contributed by atoms with Gasteiger partial charge in [-0.05, 0) is 24.7 Å². The third-order valence-corrected chi connectivity index (χ3v) is 3.78. The van der Waals surface area contributed by atoms with Crippen molar-refractivity contribution >= 4 is 11.6 Å². The zero-order valence-corrected chi connectivity index (χ0v) is 10.9. The second-order valence-corrected chi connectivity index (χ2v) is 5.61. The van der Waals surface area contributed by atoms with Gasteiger partial charge in [0, 0.05) is 19.2 Å². The maximum atomic E-state index is 4.25. The molecule has 0 atom stereocenters. The maximum absolute atomic E-state index is 4.25. The molecule has 3 rings (SSSR count). The highest BCUT2D eigenvalue weighted by Crippen LogP contribution is 2.32. The molecule has 0 amide bonds. The molecule has 2 saturated carbocycles. The van der Waals surface area contributed by atoms with Crippen molar-refractivity contribution in [1.82, 2.24) is 9.97 Å². The normalized spacial score (nSPS) is 18.7. The summed E-state index contributed by atoms with van der Waals surface area (Å²) in [7, 11) is 0. The van der Waals surface area contributed by atoms with E-state index in [1.807, 2.05) is 6.07 Å². The Labute approximate surface area is 109 Å². The summed E-state index contributed by atoms with van der Waals surface area (Å²) in [6, 6.07) is 2.01. The fraction of sp³-hybridized carbons (Fsp3) is 0.714. The van der Waals surface area contributed by atoms with Crippen LogP contribution >= 0.6 is 0 Å². The minimum atomic E-state index is 0.944. The van der Waals surface area contributed by atoms with Gasteiger partial charge in [0.1, 0.15) is 18.0 Å². The van der Waals surface area contributed by atoms with Gasteiger partial charge in [-0.15, -0.1) is 0 Å². The van der Waals surface area contributed by atoms with Gasteiger partial charge in [-0.3, -0.25) is 0 Å². The van der Waals surface area contributed by atoms with E-state index in [1.165, 1.54) is 38.5 Å². The lowest BCUT2D eigenvalue weighted by atomic mass is 10.3. The van der Waals surface area contributed by atoms with E-state index in [0.29, 0.717) is 0 Å². The zero-order chi connectivity index (χ0) is 12.2. The Morgan fingerprint density at radius 1 is 0.889 bits per heavy atom. The molecule has 2 aliphatic carbocycles. The number of hydrogen-bond acceptors (Lipinski definition) is 4. The Kier molecular flexibility index (Phi) is 3.62. The van der Waals surface area contributed by atoms with Gasteiger partial charge in [-0.25, -0.2) is 9.97 Å². The first-order chi connectivity index (χ1) is 8.90. The van der Waals surface area contributed by atoms with E-state index in [1.54, 1.807) is 6.33 Å². The van der Waals surface area contributed by atoms with E-state index in [-0.39, 0.29) is 0 Å². The third-order valence-electron chi connectivity index (χ3n) is 3.78. The number of nitrogens with zero attached hydrogens (tertiary/aromatic N) is 2. The Hall–Kier alpha value is -1.32. The van der Waals surface area contributed by atoms with Crippen molar-refractivity contribution in [1.29, 1.82) is 0 Å². The molecule has 0 spiro atoms. The molecule has 18 heavy (non-hydrogen) atoms. The van der Waals surface area contributed by atoms with Crippen molar-refractivity contribution in [3.05, 3.63) is 12.4 Å². The zero-order valence-electron chi connectivity index (χ0n) is 10.9. The molecular weight excluding hydrogens is 224 g/mol. The summed E-state index contributed by atoms with van der Waals surface area (Å²) in [5, 5.41) is 6.75. The molecule has 1 aromatic rings. The van der Waals surface area contributed by atoms with Crippen LogP contribution in [-0.4, -0.2) is 23.1 Å². The topological polar surface area (TPSA) is 49.8 Å². The minimum absolute atomic E-state index is 0.944. The molecule has 0 unspecified atom stereocenters. The van der Waals surface area contributed by atoms with Crippen LogP contribution in [-0.2, 0) is 0 Å². The predicted octanol–water partition coefficient (Wildman–Crippen LogP) is 2.90. The first-order valence-electron chi connectivity index (χ1n) is 7.20. The molecule has 1 heterocycles. The summed E-state index contributed by atoms with van der Waals surface area (Å²) in [6.45, 7) is 2.06. The van der Waals surface area contributed by atoms with E-state index in [4.69, 9.17) is 0 Å². The fourth-order valence-corrected chi connectivity index (χ4v) is 2.17. The van der Waals surface area contributed by atoms with E-state index in [9.17, 15) is 0 Å². The monoisotopic (exact) mass is 246 g/mol. The second kappa shape index (κ2) is 5.55. The van der Waals surface area contributed by atoms with Crippen LogP contribution in [0.2, 0.25) is 0 Å². The standard InChI is InChI=1S/C14H22N4/c1-2-11(1)5-7-15-13-9-14(18-10-17-13)16-8-6-12-3-4-12/h9-12H,1-8H2,(H2,15,16,17,18). The lowest BCUT2D eigenvalue weighted by Gasteiger charge is -2.08. The van der Waals surface area contributed by atoms with Crippen LogP contribution in [0.1, 0.15) is 38.5 Å². The highest BCUT2D eigenvalue weighted by molar-refractivity contribution is 5.46. The number of aromatic nitrogens is 2. The van der Waals surface area contributed by atoms with Crippen LogP contribution in [0.5, 0.6) is 0 Å². The molecule has 2 fully saturated rings. The highest BCUT2D eigenvalue weighted by atomic mass is 15.1. The average molecular weight is 246 g/mol. The molecule has 0 bridgehead atoms. The quantitative estimate of drug-likeness (QED) is 0.740. The largest absolute Gasteiger partial charge is 0.370 e. The first kappa shape index (κ1) is 11.8. The number of rotatable bonds is 8. The maximum Gasteiger partial charge on any atom is 0.131 e. The number of nitrogens with one attached hydrogen (secondary N) is 2. The lowest BCUT2D eigenvalue weighted by molar-refractivity contribution is 0.755. The summed E-state index contributed by atoms with van der Waals surface area (Å²) in [5.74, 6) is 3.82. The molecule has 1 aromatic heterocycles. The lowest BCUT2D eigenvalue weighted by Crippen LogP contribution is -2.07. The van der Waals surface area contributed by atoms with Crippen molar-refractivity contribution in [2.75, 3.05) is 23.7 Å². The second-order valence-electron chi connectivity index (χ2n) is 5.61. The van der Waals surface area contributed by atoms with Crippen molar-refractivity contribution < 1.29 is 0 Å². The van der Waals surface area contributed by atoms with Crippen molar-refractivity contribution in [2.24, 2.45) is 11.8 Å². The molecule has 98 valence electrons. The number of hydrogen-bond donors (Lipinski definition) is 2. The summed E-state index contributed by atoms with van der Waals surface area (Å²) < 4.78 is 0. The van der Waals surface area contributed by atoms with Gasteiger partial charge in [0.2, 0.25) is 0 Å². The molecule has 4 nitrogen and oxygen atoms in total. The molecule has 0 saturated heterocycles. The van der Waals surface area contributed by atoms with Gasteiger partial charge in [0.15, 0.2) is 0 Å². The van der Waals surface area contributed by atoms with Gasteiger partial charge in [-0.1, -0.05) is 25.7 Å². The van der Waals surface area contributed by atoms with Crippen LogP contribution in [0, 0.1) is 11.8 Å². The van der Waals surface area contributed by atoms with Gasteiger partial charge >= 0.3 is 0 Å². The Morgan fingerprint density at radius 2 is 1.39 bits per heavy atom. The van der Waals surface area contributed by atoms with Crippen LogP contribution in [0.3, 0.4) is 0 Å². The minimum Gasteiger partial charge on any atom is -0.370 e. The van der Waals surface area contributed by atoms with Crippen LogP contribution in [0.4, 0.5) is 11.6 Å². The molecule has 0 radical (unpaired) electrons. The van der Waals surface area contributed by atoms with E-state index in [0.717, 1.165) is 36.6 Å². The van der Waals surface area contributed by atoms with E-state index >= 15 is 0 Å². The number of anilines is 2. The molecule has 4 heteroatoms. The predicted molar refractivity (Wildman–Crippen MR) is 73.7 cm³/mol. The Bertz CT molecular complexity index is 352. The highest BCUT2D eigenvalue weighted by Gasteiger charge is 2.20. The van der Waals surface area contributed by atoms with Crippen LogP contribution in [0.25, 0.3) is 0 Å². The van der Waals surface area contributed by atoms with Crippen molar-refractivity contribution in [3.8, 4) is 0 Å². The summed E-state index contributed by atoms with van der Waals surface area (Å²) >= 11 is 0. The third kappa shape index (κ3) is 3.86. The molecule has 2 aliphatic rings. The van der Waals surface area contributed by atoms with Gasteiger partial charge < -0.3 is 10.6 Å². The molecule has 0 aliphatic heterocycles. The molecule has 0 aromatic carbocycles. The van der Waals surface area contributed by atoms with Crippen molar-refractivity contribution in [3.63, 3.8) is 0 Å². The Morgan fingerprint density at radius 3 is 1.83 bits per heavy atom. The van der Waals surface area contributed by atoms with Crippen molar-refractivity contribution in [2.45, 2.75) is 38.5 Å². The van der Waals surface area contributed by atoms with Gasteiger partial charge in [0.25, 0.3) is 0 Å². The average Bonchev–Trinajstić information content (AvgIpc) is 3.25. The van der Waals surface area contributed by atoms with E-state index in [2.05, 4.69) is 20.6 Å². The smallest absolute Gasteiger partial charge is 0.131 e. The fourth-order valence-electron chi connectivity index (χ4n) is 2.17.